The van der Waals surface area contributed by atoms with Crippen LogP contribution in [0, 0.1) is 6.92 Å². The normalized spacial score (nSPS) is 9.68. The van der Waals surface area contributed by atoms with Crippen molar-refractivity contribution in [2.75, 3.05) is 5.32 Å². The van der Waals surface area contributed by atoms with E-state index in [2.05, 4.69) is 24.9 Å². The third-order valence-electron chi connectivity index (χ3n) is 2.90. The van der Waals surface area contributed by atoms with Crippen molar-refractivity contribution in [1.82, 2.24) is 0 Å². The summed E-state index contributed by atoms with van der Waals surface area (Å²) in [6.07, 6.45) is 4.06. The first kappa shape index (κ1) is 15.6. The highest BCUT2D eigenvalue weighted by atomic mass is 35.5. The van der Waals surface area contributed by atoms with Crippen LogP contribution < -0.4 is 5.32 Å². The molecule has 0 unspecified atom stereocenters. The molecular formula is C16H20ClNO. The summed E-state index contributed by atoms with van der Waals surface area (Å²) < 4.78 is 0. The zero-order valence-corrected chi connectivity index (χ0v) is 12.5. The van der Waals surface area contributed by atoms with Crippen LogP contribution in [0.2, 0.25) is 5.02 Å². The van der Waals surface area contributed by atoms with Gasteiger partial charge in [-0.15, -0.1) is 5.73 Å². The minimum absolute atomic E-state index is 0.0565. The molecule has 1 rings (SSSR count). The van der Waals surface area contributed by atoms with Gasteiger partial charge in [-0.3, -0.25) is 4.79 Å². The fraction of sp³-hybridized carbons (Fsp3) is 0.375. The zero-order chi connectivity index (χ0) is 14.3. The lowest BCUT2D eigenvalue weighted by Crippen LogP contribution is -2.09. The number of amides is 1. The summed E-state index contributed by atoms with van der Waals surface area (Å²) in [5, 5.41) is 3.48. The fourth-order valence-electron chi connectivity index (χ4n) is 1.62. The van der Waals surface area contributed by atoms with Gasteiger partial charge in [0, 0.05) is 10.7 Å². The van der Waals surface area contributed by atoms with Crippen molar-refractivity contribution in [3.05, 3.63) is 46.2 Å². The van der Waals surface area contributed by atoms with Gasteiger partial charge in [-0.2, -0.15) is 0 Å². The molecule has 0 fully saturated rings. The Morgan fingerprint density at radius 2 is 2.05 bits per heavy atom. The molecule has 19 heavy (non-hydrogen) atoms. The molecule has 1 aromatic carbocycles. The third kappa shape index (κ3) is 5.34. The molecule has 0 aromatic heterocycles. The summed E-state index contributed by atoms with van der Waals surface area (Å²) in [5.74, 6) is -0.0565. The highest BCUT2D eigenvalue weighted by Gasteiger charge is 2.02. The first-order chi connectivity index (χ1) is 9.06. The molecule has 0 radical (unpaired) electrons. The number of carbonyl (C=O) groups excluding carboxylic acids is 1. The molecule has 0 aliphatic rings. The number of halogens is 1. The lowest BCUT2D eigenvalue weighted by molar-refractivity contribution is -0.115. The highest BCUT2D eigenvalue weighted by Crippen LogP contribution is 2.20. The monoisotopic (exact) mass is 277 g/mol. The van der Waals surface area contributed by atoms with Crippen LogP contribution in [0.4, 0.5) is 5.69 Å². The second-order valence-electron chi connectivity index (χ2n) is 4.38. The van der Waals surface area contributed by atoms with E-state index in [9.17, 15) is 4.79 Å². The van der Waals surface area contributed by atoms with Gasteiger partial charge in [-0.25, -0.2) is 0 Å². The van der Waals surface area contributed by atoms with E-state index < -0.39 is 0 Å². The maximum absolute atomic E-state index is 11.7. The van der Waals surface area contributed by atoms with Gasteiger partial charge in [-0.1, -0.05) is 31.5 Å². The van der Waals surface area contributed by atoms with Gasteiger partial charge in [0.1, 0.15) is 0 Å². The molecule has 3 heteroatoms. The Labute approximate surface area is 120 Å². The lowest BCUT2D eigenvalue weighted by atomic mass is 10.1. The molecule has 0 saturated carbocycles. The van der Waals surface area contributed by atoms with E-state index in [1.165, 1.54) is 5.57 Å². The number of hydrogen-bond donors (Lipinski definition) is 1. The number of nitrogens with one attached hydrogen (secondary N) is 1. The van der Waals surface area contributed by atoms with Gasteiger partial charge in [0.2, 0.25) is 5.91 Å². The van der Waals surface area contributed by atoms with Crippen LogP contribution in [0.5, 0.6) is 0 Å². The molecule has 102 valence electrons. The summed E-state index contributed by atoms with van der Waals surface area (Å²) >= 11 is 6.01. The minimum atomic E-state index is -0.0565. The summed E-state index contributed by atoms with van der Waals surface area (Å²) in [6.45, 7) is 6.11. The standard InChI is InChI=1S/C16H20ClNO/c1-4-13(5-2)7-6-8-16(19)18-14-10-9-12(3)15(17)11-14/h6,9-11H,4-5,8H2,1-3H3,(H,18,19). The van der Waals surface area contributed by atoms with Gasteiger partial charge in [0.25, 0.3) is 0 Å². The summed E-state index contributed by atoms with van der Waals surface area (Å²) in [5.41, 5.74) is 6.11. The molecule has 0 spiro atoms. The van der Waals surface area contributed by atoms with Crippen LogP contribution >= 0.6 is 11.6 Å². The summed E-state index contributed by atoms with van der Waals surface area (Å²) in [7, 11) is 0. The van der Waals surface area contributed by atoms with E-state index in [1.54, 1.807) is 12.1 Å². The molecule has 0 bridgehead atoms. The first-order valence-corrected chi connectivity index (χ1v) is 6.93. The number of benzene rings is 1. The van der Waals surface area contributed by atoms with E-state index in [-0.39, 0.29) is 5.91 Å². The van der Waals surface area contributed by atoms with E-state index in [1.807, 2.05) is 19.1 Å². The maximum atomic E-state index is 11.7. The zero-order valence-electron chi connectivity index (χ0n) is 11.7. The second kappa shape index (κ2) is 7.83. The minimum Gasteiger partial charge on any atom is -0.326 e. The molecular weight excluding hydrogens is 258 g/mol. The van der Waals surface area contributed by atoms with Gasteiger partial charge in [0.05, 0.1) is 6.42 Å². The number of aryl methyl sites for hydroxylation is 1. The Morgan fingerprint density at radius 3 is 2.63 bits per heavy atom. The van der Waals surface area contributed by atoms with Crippen molar-refractivity contribution in [2.45, 2.75) is 40.0 Å². The molecule has 0 aliphatic carbocycles. The van der Waals surface area contributed by atoms with Crippen molar-refractivity contribution in [3.8, 4) is 0 Å². The van der Waals surface area contributed by atoms with E-state index in [0.29, 0.717) is 11.4 Å². The van der Waals surface area contributed by atoms with Crippen LogP contribution in [-0.4, -0.2) is 5.91 Å². The molecule has 1 N–H and O–H groups in total. The van der Waals surface area contributed by atoms with Gasteiger partial charge >= 0.3 is 0 Å². The van der Waals surface area contributed by atoms with Crippen LogP contribution in [0.15, 0.2) is 35.6 Å². The second-order valence-corrected chi connectivity index (χ2v) is 4.78. The summed E-state index contributed by atoms with van der Waals surface area (Å²) in [4.78, 5) is 11.7. The van der Waals surface area contributed by atoms with Crippen LogP contribution in [-0.2, 0) is 4.79 Å². The Balaban J connectivity index is 2.61. The average Bonchev–Trinajstić information content (AvgIpc) is 2.39. The number of carbonyl (C=O) groups is 1. The predicted octanol–water partition coefficient (Wildman–Crippen LogP) is 4.88. The SMILES string of the molecule is CCC(=C=CCC(=O)Nc1ccc(C)c(Cl)c1)CC. The largest absolute Gasteiger partial charge is 0.326 e. The van der Waals surface area contributed by atoms with Gasteiger partial charge in [0.15, 0.2) is 0 Å². The number of anilines is 1. The molecule has 0 atom stereocenters. The Hall–Kier alpha value is -1.50. The highest BCUT2D eigenvalue weighted by molar-refractivity contribution is 6.31. The van der Waals surface area contributed by atoms with Crippen LogP contribution in [0.25, 0.3) is 0 Å². The van der Waals surface area contributed by atoms with Crippen molar-refractivity contribution >= 4 is 23.2 Å². The molecule has 0 saturated heterocycles. The molecule has 1 amide bonds. The summed E-state index contributed by atoms with van der Waals surface area (Å²) in [6, 6.07) is 5.50. The van der Waals surface area contributed by atoms with Crippen LogP contribution in [0.1, 0.15) is 38.7 Å². The van der Waals surface area contributed by atoms with Crippen molar-refractivity contribution in [1.29, 1.82) is 0 Å². The Kier molecular flexibility index (Phi) is 6.41. The topological polar surface area (TPSA) is 29.1 Å². The molecule has 0 aliphatic heterocycles. The average molecular weight is 278 g/mol. The smallest absolute Gasteiger partial charge is 0.228 e. The Morgan fingerprint density at radius 1 is 1.37 bits per heavy atom. The molecule has 2 nitrogen and oxygen atoms in total. The first-order valence-electron chi connectivity index (χ1n) is 6.55. The van der Waals surface area contributed by atoms with Crippen molar-refractivity contribution in [2.24, 2.45) is 0 Å². The quantitative estimate of drug-likeness (QED) is 0.764. The van der Waals surface area contributed by atoms with Crippen molar-refractivity contribution in [3.63, 3.8) is 0 Å². The maximum Gasteiger partial charge on any atom is 0.228 e. The lowest BCUT2D eigenvalue weighted by Gasteiger charge is -2.05. The fourth-order valence-corrected chi connectivity index (χ4v) is 1.81. The van der Waals surface area contributed by atoms with E-state index >= 15 is 0 Å². The molecule has 0 heterocycles. The van der Waals surface area contributed by atoms with E-state index in [0.717, 1.165) is 24.1 Å². The third-order valence-corrected chi connectivity index (χ3v) is 3.31. The van der Waals surface area contributed by atoms with Gasteiger partial charge in [-0.05, 0) is 49.1 Å². The Bertz CT molecular complexity index is 507. The molecule has 1 aromatic rings. The predicted molar refractivity (Wildman–Crippen MR) is 81.6 cm³/mol. The van der Waals surface area contributed by atoms with E-state index in [4.69, 9.17) is 11.6 Å². The van der Waals surface area contributed by atoms with Gasteiger partial charge < -0.3 is 5.32 Å². The number of rotatable bonds is 5. The van der Waals surface area contributed by atoms with Crippen molar-refractivity contribution < 1.29 is 4.79 Å². The van der Waals surface area contributed by atoms with Crippen LogP contribution in [0.3, 0.4) is 0 Å². The number of hydrogen-bond acceptors (Lipinski definition) is 1.